The number of phenolic OH excluding ortho intramolecular Hbond substituents is 2. The van der Waals surface area contributed by atoms with Crippen LogP contribution in [0.5, 0.6) is 57.5 Å². The van der Waals surface area contributed by atoms with Gasteiger partial charge in [0.05, 0.1) is 39.6 Å². The molecule has 39 heavy (non-hydrogen) atoms. The van der Waals surface area contributed by atoms with Gasteiger partial charge in [-0.15, -0.1) is 0 Å². The summed E-state index contributed by atoms with van der Waals surface area (Å²) < 4.78 is 42.5. The fourth-order valence-electron chi connectivity index (χ4n) is 3.46. The zero-order valence-corrected chi connectivity index (χ0v) is 24.4. The molecule has 2 rings (SSSR count). The van der Waals surface area contributed by atoms with Crippen LogP contribution in [0.25, 0.3) is 0 Å². The van der Waals surface area contributed by atoms with Crippen LogP contribution in [0.15, 0.2) is 12.1 Å². The average Bonchev–Trinajstić information content (AvgIpc) is 2.93. The smallest absolute Gasteiger partial charge is 0.215 e. The Balaban J connectivity index is 2.84. The molecule has 0 aliphatic rings. The molecule has 0 saturated heterocycles. The molecule has 2 aromatic carbocycles. The second kappa shape index (κ2) is 17.3. The fourth-order valence-corrected chi connectivity index (χ4v) is 3.46. The normalized spacial score (nSPS) is 10.7. The molecule has 0 heterocycles. The van der Waals surface area contributed by atoms with E-state index in [1.54, 1.807) is 0 Å². The van der Waals surface area contributed by atoms with Crippen molar-refractivity contribution in [3.05, 3.63) is 12.1 Å². The first-order chi connectivity index (χ1) is 19.0. The van der Waals surface area contributed by atoms with E-state index in [1.807, 2.05) is 41.5 Å². The molecule has 0 aliphatic heterocycles. The molecule has 220 valence electrons. The molecule has 2 aromatic rings. The molecule has 9 heteroatoms. The SMILES string of the molecule is CCCOc1cc(O)c(OCCC)c(OCCC)c1Oc1c(OCCC)cc(O)c(OCCC)c1OCCC. The molecule has 9 nitrogen and oxygen atoms in total. The minimum Gasteiger partial charge on any atom is -0.504 e. The Bertz CT molecular complexity index is 927. The maximum atomic E-state index is 10.9. The van der Waals surface area contributed by atoms with E-state index in [0.29, 0.717) is 39.6 Å². The first-order valence-electron chi connectivity index (χ1n) is 14.2. The summed E-state index contributed by atoms with van der Waals surface area (Å²) in [6.07, 6.45) is 4.38. The van der Waals surface area contributed by atoms with Crippen molar-refractivity contribution in [1.82, 2.24) is 0 Å². The maximum absolute atomic E-state index is 10.9. The van der Waals surface area contributed by atoms with E-state index in [2.05, 4.69) is 0 Å². The van der Waals surface area contributed by atoms with Gasteiger partial charge in [0.1, 0.15) is 0 Å². The Morgan fingerprint density at radius 2 is 0.692 bits per heavy atom. The Morgan fingerprint density at radius 1 is 0.410 bits per heavy atom. The lowest BCUT2D eigenvalue weighted by Crippen LogP contribution is -2.08. The maximum Gasteiger partial charge on any atom is 0.215 e. The molecule has 0 radical (unpaired) electrons. The number of ether oxygens (including phenoxy) is 7. The number of phenols is 2. The van der Waals surface area contributed by atoms with Crippen molar-refractivity contribution in [1.29, 1.82) is 0 Å². The van der Waals surface area contributed by atoms with E-state index in [-0.39, 0.29) is 57.5 Å². The summed E-state index contributed by atoms with van der Waals surface area (Å²) in [5.41, 5.74) is 0. The van der Waals surface area contributed by atoms with Crippen LogP contribution in [0.1, 0.15) is 80.1 Å². The molecule has 0 aromatic heterocycles. The van der Waals surface area contributed by atoms with Crippen molar-refractivity contribution >= 4 is 0 Å². The third-order valence-corrected chi connectivity index (χ3v) is 5.20. The van der Waals surface area contributed by atoms with Gasteiger partial charge in [0.15, 0.2) is 23.0 Å². The van der Waals surface area contributed by atoms with Gasteiger partial charge in [0.2, 0.25) is 34.5 Å². The van der Waals surface area contributed by atoms with E-state index in [0.717, 1.165) is 38.5 Å². The number of hydrogen-bond donors (Lipinski definition) is 2. The van der Waals surface area contributed by atoms with Gasteiger partial charge in [-0.3, -0.25) is 0 Å². The zero-order chi connectivity index (χ0) is 28.6. The van der Waals surface area contributed by atoms with Crippen molar-refractivity contribution in [2.45, 2.75) is 80.1 Å². The zero-order valence-electron chi connectivity index (χ0n) is 24.4. The van der Waals surface area contributed by atoms with Crippen LogP contribution >= 0.6 is 0 Å². The number of aromatic hydroxyl groups is 2. The van der Waals surface area contributed by atoms with Crippen LogP contribution in [0, 0.1) is 0 Å². The van der Waals surface area contributed by atoms with Gasteiger partial charge in [0.25, 0.3) is 0 Å². The van der Waals surface area contributed by atoms with E-state index < -0.39 is 0 Å². The van der Waals surface area contributed by atoms with Gasteiger partial charge in [-0.05, 0) is 38.5 Å². The highest BCUT2D eigenvalue weighted by atomic mass is 16.6. The van der Waals surface area contributed by atoms with Gasteiger partial charge in [-0.2, -0.15) is 0 Å². The molecule has 0 saturated carbocycles. The minimum atomic E-state index is -0.115. The van der Waals surface area contributed by atoms with Crippen LogP contribution < -0.4 is 33.2 Å². The van der Waals surface area contributed by atoms with E-state index in [4.69, 9.17) is 33.2 Å². The second-order valence-corrected chi connectivity index (χ2v) is 8.96. The summed E-state index contributed by atoms with van der Waals surface area (Å²) in [5.74, 6) is 1.48. The monoisotopic (exact) mass is 550 g/mol. The molecule has 2 N–H and O–H groups in total. The van der Waals surface area contributed by atoms with Crippen molar-refractivity contribution in [3.63, 3.8) is 0 Å². The first kappa shape index (κ1) is 31.9. The van der Waals surface area contributed by atoms with Crippen LogP contribution in [-0.2, 0) is 0 Å². The van der Waals surface area contributed by atoms with Gasteiger partial charge >= 0.3 is 0 Å². The molecular formula is C30H46O9. The third kappa shape index (κ3) is 8.83. The quantitative estimate of drug-likeness (QED) is 0.172. The number of benzene rings is 2. The van der Waals surface area contributed by atoms with Crippen molar-refractivity contribution < 1.29 is 43.4 Å². The molecule has 0 spiro atoms. The highest BCUT2D eigenvalue weighted by molar-refractivity contribution is 5.70. The summed E-state index contributed by atoms with van der Waals surface area (Å²) in [5, 5.41) is 21.7. The first-order valence-corrected chi connectivity index (χ1v) is 14.2. The van der Waals surface area contributed by atoms with E-state index in [1.165, 1.54) is 12.1 Å². The van der Waals surface area contributed by atoms with Crippen LogP contribution in [0.3, 0.4) is 0 Å². The lowest BCUT2D eigenvalue weighted by atomic mass is 10.2. The Kier molecular flexibility index (Phi) is 14.1. The Morgan fingerprint density at radius 3 is 1.00 bits per heavy atom. The van der Waals surface area contributed by atoms with Gasteiger partial charge in [-0.1, -0.05) is 41.5 Å². The standard InChI is InChI=1S/C30H46O9/c1-7-13-33-23-19-21(31)25(35-15-9-3)29(37-17-11-5)27(23)39-28-24(34-14-8-2)20-22(32)26(36-16-10-4)30(28)38-18-12-6/h19-20,31-32H,7-18H2,1-6H3. The fraction of sp³-hybridized carbons (Fsp3) is 0.600. The van der Waals surface area contributed by atoms with E-state index in [9.17, 15) is 10.2 Å². The molecule has 0 atom stereocenters. The Hall–Kier alpha value is -3.36. The van der Waals surface area contributed by atoms with Crippen molar-refractivity contribution in [3.8, 4) is 57.5 Å². The minimum absolute atomic E-state index is 0.115. The third-order valence-electron chi connectivity index (χ3n) is 5.20. The highest BCUT2D eigenvalue weighted by Gasteiger charge is 2.30. The molecule has 0 bridgehead atoms. The van der Waals surface area contributed by atoms with Crippen molar-refractivity contribution in [2.75, 3.05) is 39.6 Å². The lowest BCUT2D eigenvalue weighted by molar-refractivity contribution is 0.225. The topological polar surface area (TPSA) is 105 Å². The van der Waals surface area contributed by atoms with Crippen LogP contribution in [-0.4, -0.2) is 49.9 Å². The molecular weight excluding hydrogens is 504 g/mol. The number of hydrogen-bond acceptors (Lipinski definition) is 9. The average molecular weight is 551 g/mol. The molecule has 0 aliphatic carbocycles. The summed E-state index contributed by atoms with van der Waals surface area (Å²) in [6.45, 7) is 14.1. The summed E-state index contributed by atoms with van der Waals surface area (Å²) in [4.78, 5) is 0. The largest absolute Gasteiger partial charge is 0.504 e. The summed E-state index contributed by atoms with van der Waals surface area (Å²) in [7, 11) is 0. The lowest BCUT2D eigenvalue weighted by Gasteiger charge is -2.24. The molecule has 0 amide bonds. The van der Waals surface area contributed by atoms with Gasteiger partial charge < -0.3 is 43.4 Å². The second-order valence-electron chi connectivity index (χ2n) is 8.96. The molecule has 0 fully saturated rings. The number of rotatable bonds is 20. The molecule has 0 unspecified atom stereocenters. The highest BCUT2D eigenvalue weighted by Crippen LogP contribution is 2.57. The summed E-state index contributed by atoms with van der Waals surface area (Å²) >= 11 is 0. The Labute approximate surface area is 232 Å². The van der Waals surface area contributed by atoms with Gasteiger partial charge in [0, 0.05) is 12.1 Å². The summed E-state index contributed by atoms with van der Waals surface area (Å²) in [6, 6.07) is 2.92. The predicted octanol–water partition coefficient (Wildman–Crippen LogP) is 7.62. The van der Waals surface area contributed by atoms with E-state index >= 15 is 0 Å². The van der Waals surface area contributed by atoms with Gasteiger partial charge in [-0.25, -0.2) is 0 Å². The van der Waals surface area contributed by atoms with Crippen LogP contribution in [0.4, 0.5) is 0 Å². The van der Waals surface area contributed by atoms with Crippen LogP contribution in [0.2, 0.25) is 0 Å². The van der Waals surface area contributed by atoms with Crippen molar-refractivity contribution in [2.24, 2.45) is 0 Å². The predicted molar refractivity (Wildman–Crippen MR) is 151 cm³/mol.